The number of nitriles is 1. The molecule has 1 unspecified atom stereocenters. The van der Waals surface area contributed by atoms with Gasteiger partial charge in [-0.3, -0.25) is 4.79 Å². The van der Waals surface area contributed by atoms with Crippen LogP contribution in [-0.4, -0.2) is 5.91 Å². The number of rotatable bonds is 3. The van der Waals surface area contributed by atoms with Gasteiger partial charge in [-0.05, 0) is 30.9 Å². The zero-order valence-electron chi connectivity index (χ0n) is 8.20. The fourth-order valence-electron chi connectivity index (χ4n) is 0.964. The summed E-state index contributed by atoms with van der Waals surface area (Å²) in [5.74, 6) is -0.782. The van der Waals surface area contributed by atoms with E-state index in [4.69, 9.17) is 5.26 Å². The quantitative estimate of drug-likeness (QED) is 0.824. The molecule has 1 N–H and O–H groups in total. The molecule has 0 radical (unpaired) electrons. The largest absolute Gasteiger partial charge is 0.350 e. The first kappa shape index (κ1) is 10.7. The first-order chi connectivity index (χ1) is 6.65. The smallest absolute Gasteiger partial charge is 0.237 e. The predicted octanol–water partition coefficient (Wildman–Crippen LogP) is 1.83. The molecule has 1 heterocycles. The van der Waals surface area contributed by atoms with Crippen molar-refractivity contribution in [3.05, 3.63) is 21.9 Å². The molecule has 0 saturated heterocycles. The molecule has 74 valence electrons. The third-order valence-corrected chi connectivity index (χ3v) is 3.00. The van der Waals surface area contributed by atoms with Gasteiger partial charge in [0, 0.05) is 4.88 Å². The molecule has 0 saturated carbocycles. The molecule has 1 aromatic rings. The Morgan fingerprint density at radius 1 is 1.79 bits per heavy atom. The van der Waals surface area contributed by atoms with Gasteiger partial charge in [-0.15, -0.1) is 11.3 Å². The molecule has 14 heavy (non-hydrogen) atoms. The third kappa shape index (κ3) is 2.57. The molecule has 0 fully saturated rings. The number of aryl methyl sites for hydroxylation is 1. The summed E-state index contributed by atoms with van der Waals surface area (Å²) in [4.78, 5) is 12.4. The number of nitrogens with zero attached hydrogens (tertiary/aromatic N) is 1. The molecule has 1 aromatic heterocycles. The van der Waals surface area contributed by atoms with E-state index in [0.29, 0.717) is 6.54 Å². The summed E-state index contributed by atoms with van der Waals surface area (Å²) < 4.78 is 0. The molecule has 0 aliphatic heterocycles. The summed E-state index contributed by atoms with van der Waals surface area (Å²) in [6, 6.07) is 3.91. The summed E-state index contributed by atoms with van der Waals surface area (Å²) >= 11 is 1.61. The Hall–Kier alpha value is -1.34. The lowest BCUT2D eigenvalue weighted by atomic mass is 10.2. The highest BCUT2D eigenvalue weighted by molar-refractivity contribution is 7.10. The van der Waals surface area contributed by atoms with E-state index in [-0.39, 0.29) is 5.91 Å². The van der Waals surface area contributed by atoms with Crippen LogP contribution in [0.1, 0.15) is 17.4 Å². The molecular formula is C10H12N2OS. The van der Waals surface area contributed by atoms with Crippen LogP contribution >= 0.6 is 11.3 Å². The standard InChI is InChI=1S/C10H12N2OS/c1-7-3-4-14-9(7)6-12-10(13)8(2)5-11/h3-4,8H,6H2,1-2H3,(H,12,13). The van der Waals surface area contributed by atoms with Crippen molar-refractivity contribution in [1.82, 2.24) is 5.32 Å². The Morgan fingerprint density at radius 3 is 3.00 bits per heavy atom. The van der Waals surface area contributed by atoms with Crippen molar-refractivity contribution in [2.24, 2.45) is 5.92 Å². The first-order valence-electron chi connectivity index (χ1n) is 4.35. The van der Waals surface area contributed by atoms with Crippen molar-refractivity contribution in [1.29, 1.82) is 5.26 Å². The molecule has 1 rings (SSSR count). The second-order valence-electron chi connectivity index (χ2n) is 3.10. The minimum Gasteiger partial charge on any atom is -0.350 e. The van der Waals surface area contributed by atoms with E-state index in [1.54, 1.807) is 18.3 Å². The molecule has 0 bridgehead atoms. The normalized spacial score (nSPS) is 11.8. The van der Waals surface area contributed by atoms with E-state index in [1.807, 2.05) is 24.4 Å². The summed E-state index contributed by atoms with van der Waals surface area (Å²) in [6.45, 7) is 4.12. The molecule has 0 spiro atoms. The lowest BCUT2D eigenvalue weighted by molar-refractivity contribution is -0.123. The average molecular weight is 208 g/mol. The van der Waals surface area contributed by atoms with Crippen LogP contribution in [0.5, 0.6) is 0 Å². The van der Waals surface area contributed by atoms with Crippen LogP contribution < -0.4 is 5.32 Å². The van der Waals surface area contributed by atoms with Crippen molar-refractivity contribution in [3.63, 3.8) is 0 Å². The van der Waals surface area contributed by atoms with Gasteiger partial charge < -0.3 is 5.32 Å². The van der Waals surface area contributed by atoms with Crippen LogP contribution in [-0.2, 0) is 11.3 Å². The zero-order valence-corrected chi connectivity index (χ0v) is 9.02. The number of thiophene rings is 1. The molecular weight excluding hydrogens is 196 g/mol. The van der Waals surface area contributed by atoms with Gasteiger partial charge in [0.1, 0.15) is 5.92 Å². The van der Waals surface area contributed by atoms with Crippen molar-refractivity contribution in [2.45, 2.75) is 20.4 Å². The Labute approximate surface area is 87.4 Å². The molecule has 1 amide bonds. The number of carbonyl (C=O) groups excluding carboxylic acids is 1. The molecule has 4 heteroatoms. The monoisotopic (exact) mass is 208 g/mol. The van der Waals surface area contributed by atoms with E-state index in [9.17, 15) is 4.79 Å². The van der Waals surface area contributed by atoms with Crippen LogP contribution in [0.3, 0.4) is 0 Å². The zero-order chi connectivity index (χ0) is 10.6. The average Bonchev–Trinajstić information content (AvgIpc) is 2.59. The first-order valence-corrected chi connectivity index (χ1v) is 5.23. The molecule has 0 aliphatic rings. The topological polar surface area (TPSA) is 52.9 Å². The van der Waals surface area contributed by atoms with Gasteiger partial charge in [0.05, 0.1) is 12.6 Å². The summed E-state index contributed by atoms with van der Waals surface area (Å²) in [6.07, 6.45) is 0. The molecule has 3 nitrogen and oxygen atoms in total. The number of hydrogen-bond donors (Lipinski definition) is 1. The van der Waals surface area contributed by atoms with Crippen LogP contribution in [0.2, 0.25) is 0 Å². The lowest BCUT2D eigenvalue weighted by Gasteiger charge is -2.05. The maximum Gasteiger partial charge on any atom is 0.237 e. The number of nitrogens with one attached hydrogen (secondary N) is 1. The van der Waals surface area contributed by atoms with Crippen molar-refractivity contribution in [2.75, 3.05) is 0 Å². The summed E-state index contributed by atoms with van der Waals surface area (Å²) in [5, 5.41) is 13.2. The van der Waals surface area contributed by atoms with E-state index in [0.717, 1.165) is 4.88 Å². The van der Waals surface area contributed by atoms with Gasteiger partial charge >= 0.3 is 0 Å². The molecule has 0 aliphatic carbocycles. The van der Waals surface area contributed by atoms with Gasteiger partial charge in [-0.2, -0.15) is 5.26 Å². The third-order valence-electron chi connectivity index (χ3n) is 1.98. The number of hydrogen-bond acceptors (Lipinski definition) is 3. The number of carbonyl (C=O) groups is 1. The SMILES string of the molecule is Cc1ccsc1CNC(=O)C(C)C#N. The minimum atomic E-state index is -0.574. The highest BCUT2D eigenvalue weighted by Crippen LogP contribution is 2.14. The number of amides is 1. The van der Waals surface area contributed by atoms with Gasteiger partial charge in [-0.1, -0.05) is 0 Å². The summed E-state index contributed by atoms with van der Waals surface area (Å²) in [7, 11) is 0. The summed E-state index contributed by atoms with van der Waals surface area (Å²) in [5.41, 5.74) is 1.18. The Bertz CT molecular complexity index is 364. The minimum absolute atomic E-state index is 0.208. The lowest BCUT2D eigenvalue weighted by Crippen LogP contribution is -2.27. The fraction of sp³-hybridized carbons (Fsp3) is 0.400. The van der Waals surface area contributed by atoms with Crippen molar-refractivity contribution < 1.29 is 4.79 Å². The highest BCUT2D eigenvalue weighted by Gasteiger charge is 2.11. The second-order valence-corrected chi connectivity index (χ2v) is 4.10. The van der Waals surface area contributed by atoms with Crippen molar-refractivity contribution >= 4 is 17.2 Å². The Balaban J connectivity index is 2.46. The van der Waals surface area contributed by atoms with E-state index in [1.165, 1.54) is 5.56 Å². The van der Waals surface area contributed by atoms with E-state index >= 15 is 0 Å². The van der Waals surface area contributed by atoms with Crippen molar-refractivity contribution in [3.8, 4) is 6.07 Å². The molecule has 0 aromatic carbocycles. The Kier molecular flexibility index (Phi) is 3.66. The van der Waals surface area contributed by atoms with Gasteiger partial charge in [0.2, 0.25) is 5.91 Å². The molecule has 1 atom stereocenters. The van der Waals surface area contributed by atoms with E-state index in [2.05, 4.69) is 5.32 Å². The van der Waals surface area contributed by atoms with Gasteiger partial charge in [-0.25, -0.2) is 0 Å². The predicted molar refractivity (Wildman–Crippen MR) is 55.7 cm³/mol. The van der Waals surface area contributed by atoms with E-state index < -0.39 is 5.92 Å². The van der Waals surface area contributed by atoms with Crippen LogP contribution in [0.4, 0.5) is 0 Å². The van der Waals surface area contributed by atoms with Gasteiger partial charge in [0.25, 0.3) is 0 Å². The van der Waals surface area contributed by atoms with Crippen LogP contribution in [0, 0.1) is 24.2 Å². The Morgan fingerprint density at radius 2 is 2.50 bits per heavy atom. The van der Waals surface area contributed by atoms with Gasteiger partial charge in [0.15, 0.2) is 0 Å². The highest BCUT2D eigenvalue weighted by atomic mass is 32.1. The maximum atomic E-state index is 11.3. The van der Waals surface area contributed by atoms with Crippen LogP contribution in [0.15, 0.2) is 11.4 Å². The maximum absolute atomic E-state index is 11.3. The van der Waals surface area contributed by atoms with Crippen LogP contribution in [0.25, 0.3) is 0 Å². The second kappa shape index (κ2) is 4.77. The fourth-order valence-corrected chi connectivity index (χ4v) is 1.81.